The second-order valence-electron chi connectivity index (χ2n) is 6.41. The highest BCUT2D eigenvalue weighted by atomic mass is 16.3. The molecular formula is C22H26N2O. The predicted octanol–water partition coefficient (Wildman–Crippen LogP) is 4.88. The molecule has 0 saturated carbocycles. The lowest BCUT2D eigenvalue weighted by Crippen LogP contribution is -2.28. The largest absolute Gasteiger partial charge is 0.468 e. The first-order valence-electron chi connectivity index (χ1n) is 8.85. The Morgan fingerprint density at radius 1 is 0.840 bits per heavy atom. The van der Waals surface area contributed by atoms with Gasteiger partial charge in [0.25, 0.3) is 0 Å². The molecule has 3 nitrogen and oxygen atoms in total. The lowest BCUT2D eigenvalue weighted by Gasteiger charge is -2.18. The van der Waals surface area contributed by atoms with Crippen molar-refractivity contribution in [1.29, 1.82) is 0 Å². The van der Waals surface area contributed by atoms with Crippen molar-refractivity contribution < 1.29 is 4.42 Å². The number of furan rings is 1. The van der Waals surface area contributed by atoms with Gasteiger partial charge in [-0.15, -0.1) is 0 Å². The predicted molar refractivity (Wildman–Crippen MR) is 104 cm³/mol. The minimum absolute atomic E-state index is 0.178. The van der Waals surface area contributed by atoms with Gasteiger partial charge in [-0.3, -0.25) is 0 Å². The Bertz CT molecular complexity index is 746. The second kappa shape index (κ2) is 8.54. The Morgan fingerprint density at radius 3 is 2.28 bits per heavy atom. The zero-order chi connectivity index (χ0) is 17.5. The van der Waals surface area contributed by atoms with Crippen LogP contribution in [0.1, 0.15) is 28.5 Å². The molecule has 0 bridgehead atoms. The molecule has 130 valence electrons. The monoisotopic (exact) mass is 334 g/mol. The number of para-hydroxylation sites is 1. The van der Waals surface area contributed by atoms with Crippen molar-refractivity contribution in [3.63, 3.8) is 0 Å². The third-order valence-electron chi connectivity index (χ3n) is 4.47. The molecule has 25 heavy (non-hydrogen) atoms. The maximum atomic E-state index is 5.64. The van der Waals surface area contributed by atoms with E-state index in [1.54, 1.807) is 6.26 Å². The highest BCUT2D eigenvalue weighted by Gasteiger charge is 2.14. The SMILES string of the molecule is Cc1cccc(C)c1NCCNC(Cc1ccccc1)c1ccco1. The molecule has 2 N–H and O–H groups in total. The van der Waals surface area contributed by atoms with Crippen molar-refractivity contribution in [3.05, 3.63) is 89.4 Å². The van der Waals surface area contributed by atoms with Crippen molar-refractivity contribution >= 4 is 5.69 Å². The second-order valence-corrected chi connectivity index (χ2v) is 6.41. The van der Waals surface area contributed by atoms with Crippen LogP contribution >= 0.6 is 0 Å². The third-order valence-corrected chi connectivity index (χ3v) is 4.47. The molecule has 0 aliphatic heterocycles. The van der Waals surface area contributed by atoms with Gasteiger partial charge in [-0.2, -0.15) is 0 Å². The van der Waals surface area contributed by atoms with Crippen molar-refractivity contribution in [2.24, 2.45) is 0 Å². The van der Waals surface area contributed by atoms with Gasteiger partial charge in [-0.25, -0.2) is 0 Å². The van der Waals surface area contributed by atoms with Crippen LogP contribution in [-0.2, 0) is 6.42 Å². The molecule has 0 spiro atoms. The standard InChI is InChI=1S/C22H26N2O/c1-17-8-6-9-18(2)22(17)24-14-13-23-20(21-12-7-15-25-21)16-19-10-4-3-5-11-19/h3-12,15,20,23-24H,13-14,16H2,1-2H3. The first kappa shape index (κ1) is 17.3. The van der Waals surface area contributed by atoms with Crippen molar-refractivity contribution in [2.45, 2.75) is 26.3 Å². The van der Waals surface area contributed by atoms with E-state index in [-0.39, 0.29) is 6.04 Å². The summed E-state index contributed by atoms with van der Waals surface area (Å²) in [6, 6.07) is 21.1. The molecule has 1 aromatic heterocycles. The van der Waals surface area contributed by atoms with E-state index in [0.29, 0.717) is 0 Å². The molecule has 0 aliphatic carbocycles. The van der Waals surface area contributed by atoms with Crippen LogP contribution in [-0.4, -0.2) is 13.1 Å². The van der Waals surface area contributed by atoms with Crippen LogP contribution in [0.15, 0.2) is 71.3 Å². The molecule has 3 heteroatoms. The quantitative estimate of drug-likeness (QED) is 0.576. The minimum Gasteiger partial charge on any atom is -0.468 e. The molecule has 3 aromatic rings. The van der Waals surface area contributed by atoms with Gasteiger partial charge in [0.05, 0.1) is 12.3 Å². The summed E-state index contributed by atoms with van der Waals surface area (Å²) < 4.78 is 5.64. The fourth-order valence-corrected chi connectivity index (χ4v) is 3.14. The molecule has 3 rings (SSSR count). The average Bonchev–Trinajstić information content (AvgIpc) is 3.15. The van der Waals surface area contributed by atoms with Gasteiger partial charge in [-0.05, 0) is 49.1 Å². The normalized spacial score (nSPS) is 12.1. The highest BCUT2D eigenvalue weighted by Crippen LogP contribution is 2.20. The van der Waals surface area contributed by atoms with Crippen LogP contribution in [0.25, 0.3) is 0 Å². The summed E-state index contributed by atoms with van der Waals surface area (Å²) in [5.41, 5.74) is 5.11. The van der Waals surface area contributed by atoms with Crippen LogP contribution in [0.3, 0.4) is 0 Å². The molecule has 0 amide bonds. The number of anilines is 1. The van der Waals surface area contributed by atoms with Crippen LogP contribution in [0.2, 0.25) is 0 Å². The number of hydrogen-bond donors (Lipinski definition) is 2. The van der Waals surface area contributed by atoms with E-state index in [9.17, 15) is 0 Å². The zero-order valence-corrected chi connectivity index (χ0v) is 15.0. The minimum atomic E-state index is 0.178. The number of rotatable bonds is 8. The van der Waals surface area contributed by atoms with Gasteiger partial charge < -0.3 is 15.1 Å². The molecule has 1 unspecified atom stereocenters. The smallest absolute Gasteiger partial charge is 0.121 e. The Labute approximate surface area is 150 Å². The number of nitrogens with one attached hydrogen (secondary N) is 2. The first-order chi connectivity index (χ1) is 12.2. The van der Waals surface area contributed by atoms with E-state index < -0.39 is 0 Å². The molecule has 1 atom stereocenters. The Morgan fingerprint density at radius 2 is 1.60 bits per heavy atom. The molecule has 0 radical (unpaired) electrons. The summed E-state index contributed by atoms with van der Waals surface area (Å²) in [6.07, 6.45) is 2.65. The maximum Gasteiger partial charge on any atom is 0.121 e. The lowest BCUT2D eigenvalue weighted by atomic mass is 10.0. The van der Waals surface area contributed by atoms with Crippen LogP contribution < -0.4 is 10.6 Å². The Balaban J connectivity index is 1.58. The average molecular weight is 334 g/mol. The zero-order valence-electron chi connectivity index (χ0n) is 15.0. The summed E-state index contributed by atoms with van der Waals surface area (Å²) in [4.78, 5) is 0. The lowest BCUT2D eigenvalue weighted by molar-refractivity contribution is 0.414. The van der Waals surface area contributed by atoms with Crippen LogP contribution in [0.4, 0.5) is 5.69 Å². The van der Waals surface area contributed by atoms with Crippen LogP contribution in [0, 0.1) is 13.8 Å². The molecular weight excluding hydrogens is 308 g/mol. The van der Waals surface area contributed by atoms with Crippen LogP contribution in [0.5, 0.6) is 0 Å². The molecule has 0 aliphatic rings. The number of aryl methyl sites for hydroxylation is 2. The first-order valence-corrected chi connectivity index (χ1v) is 8.85. The van der Waals surface area contributed by atoms with Gasteiger partial charge >= 0.3 is 0 Å². The number of hydrogen-bond acceptors (Lipinski definition) is 3. The summed E-state index contributed by atoms with van der Waals surface area (Å²) >= 11 is 0. The highest BCUT2D eigenvalue weighted by molar-refractivity contribution is 5.56. The summed E-state index contributed by atoms with van der Waals surface area (Å²) in [5, 5.41) is 7.18. The van der Waals surface area contributed by atoms with E-state index in [2.05, 4.69) is 66.9 Å². The molecule has 0 saturated heterocycles. The summed E-state index contributed by atoms with van der Waals surface area (Å²) in [7, 11) is 0. The van der Waals surface area contributed by atoms with E-state index in [0.717, 1.165) is 25.3 Å². The fourth-order valence-electron chi connectivity index (χ4n) is 3.14. The summed E-state index contributed by atoms with van der Waals surface area (Å²) in [5.74, 6) is 0.982. The topological polar surface area (TPSA) is 37.2 Å². The Hall–Kier alpha value is -2.52. The van der Waals surface area contributed by atoms with Crippen molar-refractivity contribution in [2.75, 3.05) is 18.4 Å². The van der Waals surface area contributed by atoms with Gasteiger partial charge in [0.2, 0.25) is 0 Å². The van der Waals surface area contributed by atoms with Gasteiger partial charge in [0.15, 0.2) is 0 Å². The maximum absolute atomic E-state index is 5.64. The number of benzene rings is 2. The van der Waals surface area contributed by atoms with E-state index in [1.165, 1.54) is 22.4 Å². The molecule has 1 heterocycles. The summed E-state index contributed by atoms with van der Waals surface area (Å²) in [6.45, 7) is 6.03. The molecule has 2 aromatic carbocycles. The van der Waals surface area contributed by atoms with Gasteiger partial charge in [0.1, 0.15) is 5.76 Å². The fraction of sp³-hybridized carbons (Fsp3) is 0.273. The van der Waals surface area contributed by atoms with Crippen molar-refractivity contribution in [3.8, 4) is 0 Å². The van der Waals surface area contributed by atoms with Gasteiger partial charge in [0, 0.05) is 18.8 Å². The Kier molecular flexibility index (Phi) is 5.91. The molecule has 0 fully saturated rings. The van der Waals surface area contributed by atoms with Crippen molar-refractivity contribution in [1.82, 2.24) is 5.32 Å². The van der Waals surface area contributed by atoms with E-state index in [1.807, 2.05) is 18.2 Å². The van der Waals surface area contributed by atoms with Gasteiger partial charge in [-0.1, -0.05) is 48.5 Å². The third kappa shape index (κ3) is 4.74. The van der Waals surface area contributed by atoms with E-state index in [4.69, 9.17) is 4.42 Å². The van der Waals surface area contributed by atoms with E-state index >= 15 is 0 Å².